The largest absolute Gasteiger partial charge is 0.493 e. The van der Waals surface area contributed by atoms with Gasteiger partial charge in [-0.25, -0.2) is 9.50 Å². The molecule has 0 aliphatic heterocycles. The zero-order chi connectivity index (χ0) is 18.1. The quantitative estimate of drug-likeness (QED) is 0.790. The minimum Gasteiger partial charge on any atom is -0.493 e. The van der Waals surface area contributed by atoms with E-state index in [1.807, 2.05) is 32.9 Å². The lowest BCUT2D eigenvalue weighted by Gasteiger charge is -2.14. The zero-order valence-electron chi connectivity index (χ0n) is 14.9. The van der Waals surface area contributed by atoms with Gasteiger partial charge in [-0.3, -0.25) is 4.79 Å². The number of hydrogen-bond donors (Lipinski definition) is 1. The Morgan fingerprint density at radius 3 is 2.44 bits per heavy atom. The topological polar surface area (TPSA) is 77.8 Å². The number of nitrogens with zero attached hydrogens (tertiary/aromatic N) is 3. The number of rotatable bonds is 4. The first-order valence-electron chi connectivity index (χ1n) is 7.80. The van der Waals surface area contributed by atoms with Crippen molar-refractivity contribution in [1.82, 2.24) is 14.6 Å². The smallest absolute Gasteiger partial charge is 0.259 e. The van der Waals surface area contributed by atoms with Crippen molar-refractivity contribution in [2.24, 2.45) is 0 Å². The molecule has 7 nitrogen and oxygen atoms in total. The number of aryl methyl sites for hydroxylation is 3. The highest BCUT2D eigenvalue weighted by molar-refractivity contribution is 6.05. The van der Waals surface area contributed by atoms with Gasteiger partial charge in [0, 0.05) is 24.0 Å². The monoisotopic (exact) mass is 340 g/mol. The first-order chi connectivity index (χ1) is 11.9. The number of aromatic nitrogens is 3. The molecule has 1 aromatic carbocycles. The van der Waals surface area contributed by atoms with E-state index in [2.05, 4.69) is 15.4 Å². The summed E-state index contributed by atoms with van der Waals surface area (Å²) < 4.78 is 12.2. The fourth-order valence-corrected chi connectivity index (χ4v) is 2.69. The predicted octanol–water partition coefficient (Wildman–Crippen LogP) is 2.92. The van der Waals surface area contributed by atoms with Crippen molar-refractivity contribution in [1.29, 1.82) is 0 Å². The molecule has 0 saturated carbocycles. The summed E-state index contributed by atoms with van der Waals surface area (Å²) in [5.74, 6) is 0.913. The highest BCUT2D eigenvalue weighted by atomic mass is 16.5. The van der Waals surface area contributed by atoms with E-state index in [-0.39, 0.29) is 5.91 Å². The Bertz CT molecular complexity index is 963. The molecule has 0 saturated heterocycles. The van der Waals surface area contributed by atoms with Crippen molar-refractivity contribution < 1.29 is 14.3 Å². The molecular formula is C18H20N4O3. The molecule has 1 N–H and O–H groups in total. The van der Waals surface area contributed by atoms with E-state index in [9.17, 15) is 4.79 Å². The van der Waals surface area contributed by atoms with Crippen LogP contribution in [0, 0.1) is 20.8 Å². The summed E-state index contributed by atoms with van der Waals surface area (Å²) in [6.07, 6.45) is 1.57. The zero-order valence-corrected chi connectivity index (χ0v) is 14.9. The van der Waals surface area contributed by atoms with Crippen molar-refractivity contribution in [3.63, 3.8) is 0 Å². The molecule has 0 fully saturated rings. The Labute approximate surface area is 145 Å². The predicted molar refractivity (Wildman–Crippen MR) is 94.7 cm³/mol. The second-order valence-electron chi connectivity index (χ2n) is 5.79. The summed E-state index contributed by atoms with van der Waals surface area (Å²) in [6.45, 7) is 5.63. The van der Waals surface area contributed by atoms with E-state index in [4.69, 9.17) is 9.47 Å². The van der Waals surface area contributed by atoms with Crippen LogP contribution in [-0.4, -0.2) is 34.7 Å². The Morgan fingerprint density at radius 1 is 1.08 bits per heavy atom. The molecule has 0 bridgehead atoms. The molecule has 0 aliphatic rings. The number of nitrogens with one attached hydrogen (secondary N) is 1. The van der Waals surface area contributed by atoms with Crippen LogP contribution >= 0.6 is 0 Å². The summed E-state index contributed by atoms with van der Waals surface area (Å²) in [5.41, 5.74) is 4.28. The van der Waals surface area contributed by atoms with Gasteiger partial charge in [0.15, 0.2) is 17.1 Å². The first kappa shape index (κ1) is 16.8. The Kier molecular flexibility index (Phi) is 4.31. The van der Waals surface area contributed by atoms with E-state index < -0.39 is 0 Å². The van der Waals surface area contributed by atoms with E-state index in [0.717, 1.165) is 17.0 Å². The number of benzene rings is 1. The molecule has 0 radical (unpaired) electrons. The maximum absolute atomic E-state index is 12.7. The minimum absolute atomic E-state index is 0.254. The number of carbonyl (C=O) groups excluding carboxylic acids is 1. The number of fused-ring (bicyclic) bond motifs is 1. The number of hydrogen-bond acceptors (Lipinski definition) is 5. The van der Waals surface area contributed by atoms with Gasteiger partial charge in [-0.05, 0) is 32.4 Å². The lowest BCUT2D eigenvalue weighted by Crippen LogP contribution is -2.17. The van der Waals surface area contributed by atoms with E-state index in [0.29, 0.717) is 28.4 Å². The summed E-state index contributed by atoms with van der Waals surface area (Å²) >= 11 is 0. The maximum Gasteiger partial charge on any atom is 0.259 e. The van der Waals surface area contributed by atoms with Crippen LogP contribution in [0.5, 0.6) is 11.5 Å². The van der Waals surface area contributed by atoms with Gasteiger partial charge in [0.2, 0.25) is 0 Å². The SMILES string of the molecule is COc1cc(C)c(NC(=O)c2cnc3cc(C)nn3c2C)cc1OC. The third-order valence-corrected chi connectivity index (χ3v) is 4.07. The lowest BCUT2D eigenvalue weighted by atomic mass is 10.1. The highest BCUT2D eigenvalue weighted by Gasteiger charge is 2.16. The van der Waals surface area contributed by atoms with Crippen molar-refractivity contribution in [2.45, 2.75) is 20.8 Å². The van der Waals surface area contributed by atoms with E-state index >= 15 is 0 Å². The molecule has 3 rings (SSSR count). The van der Waals surface area contributed by atoms with Gasteiger partial charge in [-0.1, -0.05) is 0 Å². The standard InChI is InChI=1S/C18H20N4O3/c1-10-6-15(24-4)16(25-5)8-14(10)20-18(23)13-9-19-17-7-11(2)21-22(17)12(13)3/h6-9H,1-5H3,(H,20,23). The molecule has 3 aromatic rings. The molecular weight excluding hydrogens is 320 g/mol. The number of anilines is 1. The second kappa shape index (κ2) is 6.43. The van der Waals surface area contributed by atoms with Gasteiger partial charge in [0.25, 0.3) is 5.91 Å². The molecule has 0 aliphatic carbocycles. The Hall–Kier alpha value is -3.09. The van der Waals surface area contributed by atoms with Crippen LogP contribution in [0.2, 0.25) is 0 Å². The van der Waals surface area contributed by atoms with Crippen LogP contribution in [0.4, 0.5) is 5.69 Å². The van der Waals surface area contributed by atoms with Gasteiger partial charge in [-0.15, -0.1) is 0 Å². The third-order valence-electron chi connectivity index (χ3n) is 4.07. The maximum atomic E-state index is 12.7. The molecule has 0 atom stereocenters. The van der Waals surface area contributed by atoms with Crippen LogP contribution in [0.15, 0.2) is 24.4 Å². The van der Waals surface area contributed by atoms with Crippen molar-refractivity contribution in [2.75, 3.05) is 19.5 Å². The molecule has 25 heavy (non-hydrogen) atoms. The van der Waals surface area contributed by atoms with E-state index in [1.54, 1.807) is 31.0 Å². The lowest BCUT2D eigenvalue weighted by molar-refractivity contribution is 0.102. The van der Waals surface area contributed by atoms with Crippen LogP contribution in [-0.2, 0) is 0 Å². The molecule has 130 valence electrons. The summed E-state index contributed by atoms with van der Waals surface area (Å²) in [6, 6.07) is 5.43. The average Bonchev–Trinajstić information content (AvgIpc) is 2.97. The molecule has 7 heteroatoms. The highest BCUT2D eigenvalue weighted by Crippen LogP contribution is 2.33. The van der Waals surface area contributed by atoms with E-state index in [1.165, 1.54) is 0 Å². The first-order valence-corrected chi connectivity index (χ1v) is 7.80. The van der Waals surface area contributed by atoms with Crippen molar-refractivity contribution >= 4 is 17.2 Å². The third kappa shape index (κ3) is 3.00. The fourth-order valence-electron chi connectivity index (χ4n) is 2.69. The summed E-state index contributed by atoms with van der Waals surface area (Å²) in [7, 11) is 3.13. The van der Waals surface area contributed by atoms with Gasteiger partial charge in [0.1, 0.15) is 0 Å². The summed E-state index contributed by atoms with van der Waals surface area (Å²) in [4.78, 5) is 17.0. The summed E-state index contributed by atoms with van der Waals surface area (Å²) in [5, 5.41) is 7.28. The number of ether oxygens (including phenoxy) is 2. The number of methoxy groups -OCH3 is 2. The number of carbonyl (C=O) groups is 1. The van der Waals surface area contributed by atoms with Crippen molar-refractivity contribution in [3.05, 3.63) is 46.9 Å². The normalized spacial score (nSPS) is 10.8. The Balaban J connectivity index is 1.96. The van der Waals surface area contributed by atoms with Gasteiger partial charge >= 0.3 is 0 Å². The van der Waals surface area contributed by atoms with Crippen LogP contribution in [0.25, 0.3) is 5.65 Å². The van der Waals surface area contributed by atoms with Crippen LogP contribution in [0.3, 0.4) is 0 Å². The van der Waals surface area contributed by atoms with Gasteiger partial charge in [-0.2, -0.15) is 5.10 Å². The molecule has 0 spiro atoms. The second-order valence-corrected chi connectivity index (χ2v) is 5.79. The van der Waals surface area contributed by atoms with Crippen LogP contribution in [0.1, 0.15) is 27.3 Å². The molecule has 2 aromatic heterocycles. The van der Waals surface area contributed by atoms with Crippen molar-refractivity contribution in [3.8, 4) is 11.5 Å². The molecule has 0 unspecified atom stereocenters. The Morgan fingerprint density at radius 2 is 1.76 bits per heavy atom. The van der Waals surface area contributed by atoms with Gasteiger partial charge < -0.3 is 14.8 Å². The number of amides is 1. The fraction of sp³-hybridized carbons (Fsp3) is 0.278. The minimum atomic E-state index is -0.254. The molecule has 2 heterocycles. The molecule has 1 amide bonds. The van der Waals surface area contributed by atoms with Crippen LogP contribution < -0.4 is 14.8 Å². The average molecular weight is 340 g/mol. The van der Waals surface area contributed by atoms with Gasteiger partial charge in [0.05, 0.1) is 31.2 Å².